The first-order valence-electron chi connectivity index (χ1n) is 6.75. The second-order valence-electron chi connectivity index (χ2n) is 5.50. The molecular formula is C14H16N4O. The SMILES string of the molecule is O=C(N[C@H]1CN2CC[C@@H]1C2)c1cc2cccn2cn1. The molecule has 1 N–H and O–H groups in total. The highest BCUT2D eigenvalue weighted by Gasteiger charge is 2.38. The Labute approximate surface area is 111 Å². The van der Waals surface area contributed by atoms with Crippen molar-refractivity contribution in [3.8, 4) is 0 Å². The lowest BCUT2D eigenvalue weighted by molar-refractivity contribution is 0.0919. The summed E-state index contributed by atoms with van der Waals surface area (Å²) in [6, 6.07) is 6.05. The summed E-state index contributed by atoms with van der Waals surface area (Å²) in [5, 5.41) is 3.13. The average Bonchev–Trinajstić information content (AvgIpc) is 3.13. The van der Waals surface area contributed by atoms with Crippen molar-refractivity contribution >= 4 is 11.4 Å². The molecule has 1 unspecified atom stereocenters. The zero-order valence-corrected chi connectivity index (χ0v) is 10.6. The Morgan fingerprint density at radius 1 is 1.42 bits per heavy atom. The minimum Gasteiger partial charge on any atom is -0.346 e. The van der Waals surface area contributed by atoms with Crippen LogP contribution in [0.3, 0.4) is 0 Å². The van der Waals surface area contributed by atoms with Crippen LogP contribution >= 0.6 is 0 Å². The summed E-state index contributed by atoms with van der Waals surface area (Å²) in [5.41, 5.74) is 1.50. The minimum atomic E-state index is -0.0533. The summed E-state index contributed by atoms with van der Waals surface area (Å²) in [7, 11) is 0. The van der Waals surface area contributed by atoms with Crippen LogP contribution in [0.2, 0.25) is 0 Å². The van der Waals surface area contributed by atoms with Crippen LogP contribution in [0.15, 0.2) is 30.7 Å². The van der Waals surface area contributed by atoms with Crippen molar-refractivity contribution in [2.24, 2.45) is 5.92 Å². The third-order valence-electron chi connectivity index (χ3n) is 4.30. The molecule has 2 aliphatic heterocycles. The lowest BCUT2D eigenvalue weighted by atomic mass is 10.00. The van der Waals surface area contributed by atoms with Crippen molar-refractivity contribution in [2.45, 2.75) is 12.5 Å². The maximum Gasteiger partial charge on any atom is 0.270 e. The molecule has 19 heavy (non-hydrogen) atoms. The molecule has 0 radical (unpaired) electrons. The summed E-state index contributed by atoms with van der Waals surface area (Å²) in [4.78, 5) is 18.9. The van der Waals surface area contributed by atoms with Crippen LogP contribution in [0.4, 0.5) is 0 Å². The van der Waals surface area contributed by atoms with Gasteiger partial charge in [-0.05, 0) is 37.1 Å². The highest BCUT2D eigenvalue weighted by atomic mass is 16.2. The summed E-state index contributed by atoms with van der Waals surface area (Å²) >= 11 is 0. The van der Waals surface area contributed by atoms with Gasteiger partial charge in [-0.3, -0.25) is 4.79 Å². The van der Waals surface area contributed by atoms with E-state index in [2.05, 4.69) is 15.2 Å². The predicted octanol–water partition coefficient (Wildman–Crippen LogP) is 0.768. The van der Waals surface area contributed by atoms with Gasteiger partial charge in [0.05, 0.1) is 6.33 Å². The van der Waals surface area contributed by atoms with Gasteiger partial charge in [0.2, 0.25) is 0 Å². The molecule has 0 aliphatic carbocycles. The van der Waals surface area contributed by atoms with Gasteiger partial charge in [0, 0.05) is 30.8 Å². The van der Waals surface area contributed by atoms with Gasteiger partial charge in [-0.2, -0.15) is 0 Å². The maximum atomic E-state index is 12.2. The summed E-state index contributed by atoms with van der Waals surface area (Å²) in [6.45, 7) is 3.31. The molecule has 2 aromatic rings. The first-order chi connectivity index (χ1) is 9.29. The van der Waals surface area contributed by atoms with Crippen LogP contribution in [0.25, 0.3) is 5.52 Å². The van der Waals surface area contributed by atoms with Gasteiger partial charge >= 0.3 is 0 Å². The third-order valence-corrected chi connectivity index (χ3v) is 4.30. The van der Waals surface area contributed by atoms with Gasteiger partial charge in [0.1, 0.15) is 5.69 Å². The number of rotatable bonds is 2. The fourth-order valence-corrected chi connectivity index (χ4v) is 3.25. The van der Waals surface area contributed by atoms with Crippen molar-refractivity contribution in [1.29, 1.82) is 0 Å². The number of hydrogen-bond donors (Lipinski definition) is 1. The quantitative estimate of drug-likeness (QED) is 0.863. The molecule has 2 bridgehead atoms. The molecular weight excluding hydrogens is 240 g/mol. The molecule has 5 nitrogen and oxygen atoms in total. The molecule has 98 valence electrons. The molecule has 2 fully saturated rings. The van der Waals surface area contributed by atoms with E-state index in [4.69, 9.17) is 0 Å². The average molecular weight is 256 g/mol. The smallest absolute Gasteiger partial charge is 0.270 e. The standard InChI is InChI=1S/C14H16N4O/c19-14(16-13-8-17-5-3-10(13)7-17)12-6-11-2-1-4-18(11)9-15-12/h1-2,4,6,9-10,13H,3,5,7-8H2,(H,16,19)/t10-,13+/m1/s1. The van der Waals surface area contributed by atoms with Gasteiger partial charge in [-0.15, -0.1) is 0 Å². The lowest BCUT2D eigenvalue weighted by Crippen LogP contribution is -2.43. The zero-order chi connectivity index (χ0) is 12.8. The molecule has 0 spiro atoms. The minimum absolute atomic E-state index is 0.0533. The van der Waals surface area contributed by atoms with E-state index in [1.165, 1.54) is 13.0 Å². The van der Waals surface area contributed by atoms with Crippen LogP contribution in [-0.2, 0) is 0 Å². The molecule has 3 atom stereocenters. The highest BCUT2D eigenvalue weighted by Crippen LogP contribution is 2.27. The molecule has 0 saturated carbocycles. The van der Waals surface area contributed by atoms with Crippen molar-refractivity contribution in [2.75, 3.05) is 19.6 Å². The number of hydrogen-bond acceptors (Lipinski definition) is 3. The summed E-state index contributed by atoms with van der Waals surface area (Å²) in [5.74, 6) is 0.573. The van der Waals surface area contributed by atoms with E-state index in [1.807, 2.05) is 28.8 Å². The Kier molecular flexibility index (Phi) is 2.35. The van der Waals surface area contributed by atoms with Crippen LogP contribution in [-0.4, -0.2) is 45.9 Å². The molecule has 1 amide bonds. The first kappa shape index (κ1) is 11.0. The normalized spacial score (nSPS) is 28.9. The number of nitrogens with zero attached hydrogens (tertiary/aromatic N) is 3. The Balaban J connectivity index is 1.53. The number of carbonyl (C=O) groups is 1. The van der Waals surface area contributed by atoms with E-state index in [1.54, 1.807) is 6.33 Å². The van der Waals surface area contributed by atoms with E-state index < -0.39 is 0 Å². The second-order valence-corrected chi connectivity index (χ2v) is 5.50. The molecule has 2 aromatic heterocycles. The van der Waals surface area contributed by atoms with Crippen LogP contribution in [0.1, 0.15) is 16.9 Å². The largest absolute Gasteiger partial charge is 0.346 e. The number of nitrogens with one attached hydrogen (secondary N) is 1. The van der Waals surface area contributed by atoms with Crippen LogP contribution < -0.4 is 5.32 Å². The molecule has 2 saturated heterocycles. The van der Waals surface area contributed by atoms with E-state index in [-0.39, 0.29) is 5.91 Å². The van der Waals surface area contributed by atoms with Crippen molar-refractivity contribution in [3.63, 3.8) is 0 Å². The Bertz CT molecular complexity index is 635. The highest BCUT2D eigenvalue weighted by molar-refractivity contribution is 5.93. The number of piperidine rings is 1. The summed E-state index contributed by atoms with van der Waals surface area (Å²) in [6.07, 6.45) is 4.82. The molecule has 2 aliphatic rings. The van der Waals surface area contributed by atoms with E-state index in [0.29, 0.717) is 17.7 Å². The maximum absolute atomic E-state index is 12.2. The van der Waals surface area contributed by atoms with Gasteiger partial charge in [-0.1, -0.05) is 0 Å². The van der Waals surface area contributed by atoms with Crippen molar-refractivity contribution in [1.82, 2.24) is 19.6 Å². The van der Waals surface area contributed by atoms with E-state index in [0.717, 1.165) is 18.6 Å². The summed E-state index contributed by atoms with van der Waals surface area (Å²) < 4.78 is 1.90. The number of amides is 1. The number of aromatic nitrogens is 2. The third kappa shape index (κ3) is 1.81. The van der Waals surface area contributed by atoms with Gasteiger partial charge in [0.15, 0.2) is 0 Å². The van der Waals surface area contributed by atoms with E-state index in [9.17, 15) is 4.79 Å². The molecule has 5 heteroatoms. The van der Waals surface area contributed by atoms with Gasteiger partial charge < -0.3 is 14.6 Å². The second kappa shape index (κ2) is 4.06. The lowest BCUT2D eigenvalue weighted by Gasteiger charge is -2.22. The Morgan fingerprint density at radius 2 is 2.37 bits per heavy atom. The zero-order valence-electron chi connectivity index (χ0n) is 10.6. The molecule has 0 aromatic carbocycles. The fourth-order valence-electron chi connectivity index (χ4n) is 3.25. The van der Waals surface area contributed by atoms with Crippen LogP contribution in [0.5, 0.6) is 0 Å². The van der Waals surface area contributed by atoms with Crippen molar-refractivity contribution < 1.29 is 4.79 Å². The van der Waals surface area contributed by atoms with Gasteiger partial charge in [0.25, 0.3) is 5.91 Å². The molecule has 4 heterocycles. The van der Waals surface area contributed by atoms with Crippen LogP contribution in [0, 0.1) is 5.92 Å². The fraction of sp³-hybridized carbons (Fsp3) is 0.429. The topological polar surface area (TPSA) is 49.6 Å². The van der Waals surface area contributed by atoms with E-state index >= 15 is 0 Å². The molecule has 4 rings (SSSR count). The Hall–Kier alpha value is -1.88. The monoisotopic (exact) mass is 256 g/mol. The Morgan fingerprint density at radius 3 is 3.16 bits per heavy atom. The predicted molar refractivity (Wildman–Crippen MR) is 71.0 cm³/mol. The number of fused-ring (bicyclic) bond motifs is 3. The van der Waals surface area contributed by atoms with Gasteiger partial charge in [-0.25, -0.2) is 4.98 Å². The first-order valence-corrected chi connectivity index (χ1v) is 6.75. The van der Waals surface area contributed by atoms with Crippen molar-refractivity contribution in [3.05, 3.63) is 36.4 Å². The number of carbonyl (C=O) groups excluding carboxylic acids is 1.